The molecule has 0 spiro atoms. The highest BCUT2D eigenvalue weighted by molar-refractivity contribution is 5.93. The van der Waals surface area contributed by atoms with Crippen LogP contribution in [-0.2, 0) is 6.54 Å². The summed E-state index contributed by atoms with van der Waals surface area (Å²) in [6.07, 6.45) is 1.38. The quantitative estimate of drug-likeness (QED) is 0.715. The molecule has 23 heavy (non-hydrogen) atoms. The summed E-state index contributed by atoms with van der Waals surface area (Å²) in [4.78, 5) is 16.2. The molecule has 2 heterocycles. The molecule has 9 heteroatoms. The fourth-order valence-electron chi connectivity index (χ4n) is 2.09. The van der Waals surface area contributed by atoms with E-state index >= 15 is 0 Å². The van der Waals surface area contributed by atoms with Crippen molar-refractivity contribution in [3.05, 3.63) is 47.8 Å². The van der Waals surface area contributed by atoms with Crippen molar-refractivity contribution in [1.82, 2.24) is 35.5 Å². The van der Waals surface area contributed by atoms with Gasteiger partial charge in [0.15, 0.2) is 5.69 Å². The molecule has 2 N–H and O–H groups in total. The normalized spacial score (nSPS) is 10.5. The molecule has 3 aromatic rings. The van der Waals surface area contributed by atoms with Crippen molar-refractivity contribution in [2.24, 2.45) is 0 Å². The van der Waals surface area contributed by atoms with Crippen LogP contribution in [0, 0.1) is 6.92 Å². The van der Waals surface area contributed by atoms with Crippen LogP contribution in [0.1, 0.15) is 22.0 Å². The van der Waals surface area contributed by atoms with Crippen molar-refractivity contribution in [2.75, 3.05) is 7.11 Å². The van der Waals surface area contributed by atoms with Crippen molar-refractivity contribution in [2.45, 2.75) is 13.5 Å². The molecule has 0 aliphatic carbocycles. The number of carbonyl (C=O) groups is 1. The maximum atomic E-state index is 12.2. The molecule has 0 saturated carbocycles. The number of H-pyrrole nitrogens is 1. The minimum Gasteiger partial charge on any atom is -0.497 e. The fourth-order valence-corrected chi connectivity index (χ4v) is 2.09. The van der Waals surface area contributed by atoms with Crippen molar-refractivity contribution in [1.29, 1.82) is 0 Å². The Labute approximate surface area is 131 Å². The minimum absolute atomic E-state index is 0.240. The van der Waals surface area contributed by atoms with Crippen LogP contribution in [0.15, 0.2) is 30.6 Å². The lowest BCUT2D eigenvalue weighted by molar-refractivity contribution is 0.0944. The van der Waals surface area contributed by atoms with E-state index in [0.29, 0.717) is 17.3 Å². The monoisotopic (exact) mass is 313 g/mol. The number of rotatable bonds is 5. The average Bonchev–Trinajstić information content (AvgIpc) is 3.22. The molecule has 1 aromatic carbocycles. The van der Waals surface area contributed by atoms with E-state index < -0.39 is 0 Å². The van der Waals surface area contributed by atoms with E-state index in [-0.39, 0.29) is 18.1 Å². The molecular weight excluding hydrogens is 298 g/mol. The van der Waals surface area contributed by atoms with Gasteiger partial charge >= 0.3 is 0 Å². The molecule has 0 unspecified atom stereocenters. The topological polar surface area (TPSA) is 111 Å². The van der Waals surface area contributed by atoms with Gasteiger partial charge < -0.3 is 10.1 Å². The maximum absolute atomic E-state index is 12.2. The SMILES string of the molecule is COc1cccc(-n2nnc(C(=O)NCc3ncn[nH]3)c2C)c1. The lowest BCUT2D eigenvalue weighted by Gasteiger charge is -2.06. The Morgan fingerprint density at radius 1 is 1.43 bits per heavy atom. The molecule has 9 nitrogen and oxygen atoms in total. The Kier molecular flexibility index (Phi) is 4.00. The molecule has 0 atom stereocenters. The third-order valence-electron chi connectivity index (χ3n) is 3.29. The number of benzene rings is 1. The second-order valence-corrected chi connectivity index (χ2v) is 4.75. The summed E-state index contributed by atoms with van der Waals surface area (Å²) in [6, 6.07) is 7.36. The number of ether oxygens (including phenoxy) is 1. The van der Waals surface area contributed by atoms with Gasteiger partial charge in [-0.25, -0.2) is 9.67 Å². The summed E-state index contributed by atoms with van der Waals surface area (Å²) in [7, 11) is 1.59. The Balaban J connectivity index is 1.79. The maximum Gasteiger partial charge on any atom is 0.274 e. The predicted molar refractivity (Wildman–Crippen MR) is 80.2 cm³/mol. The van der Waals surface area contributed by atoms with E-state index in [9.17, 15) is 4.79 Å². The summed E-state index contributed by atoms with van der Waals surface area (Å²) in [5.74, 6) is 0.943. The molecule has 0 saturated heterocycles. The second-order valence-electron chi connectivity index (χ2n) is 4.75. The van der Waals surface area contributed by atoms with Crippen molar-refractivity contribution in [3.63, 3.8) is 0 Å². The van der Waals surface area contributed by atoms with Gasteiger partial charge in [-0.15, -0.1) is 5.10 Å². The Morgan fingerprint density at radius 2 is 2.30 bits per heavy atom. The first-order chi connectivity index (χ1) is 11.2. The first-order valence-electron chi connectivity index (χ1n) is 6.88. The lowest BCUT2D eigenvalue weighted by Crippen LogP contribution is -2.24. The van der Waals surface area contributed by atoms with Gasteiger partial charge in [0.1, 0.15) is 17.9 Å². The van der Waals surface area contributed by atoms with Crippen LogP contribution >= 0.6 is 0 Å². The first-order valence-corrected chi connectivity index (χ1v) is 6.88. The summed E-state index contributed by atoms with van der Waals surface area (Å²) in [5.41, 5.74) is 1.66. The summed E-state index contributed by atoms with van der Waals surface area (Å²) in [6.45, 7) is 2.02. The van der Waals surface area contributed by atoms with Crippen molar-refractivity contribution < 1.29 is 9.53 Å². The third-order valence-corrected chi connectivity index (χ3v) is 3.29. The largest absolute Gasteiger partial charge is 0.497 e. The van der Waals surface area contributed by atoms with Gasteiger partial charge in [0.25, 0.3) is 5.91 Å². The number of aromatic nitrogens is 6. The number of hydrogen-bond donors (Lipinski definition) is 2. The molecule has 3 rings (SSSR count). The lowest BCUT2D eigenvalue weighted by atomic mass is 10.2. The molecule has 0 bridgehead atoms. The molecule has 2 aromatic heterocycles. The van der Waals surface area contributed by atoms with Crippen molar-refractivity contribution >= 4 is 5.91 Å². The van der Waals surface area contributed by atoms with Crippen LogP contribution in [0.25, 0.3) is 5.69 Å². The van der Waals surface area contributed by atoms with Gasteiger partial charge in [0, 0.05) is 6.07 Å². The van der Waals surface area contributed by atoms with Crippen LogP contribution < -0.4 is 10.1 Å². The highest BCUT2D eigenvalue weighted by Gasteiger charge is 2.17. The van der Waals surface area contributed by atoms with E-state index in [0.717, 1.165) is 5.69 Å². The fraction of sp³-hybridized carbons (Fsp3) is 0.214. The van der Waals surface area contributed by atoms with E-state index in [2.05, 4.69) is 30.8 Å². The molecule has 0 aliphatic rings. The predicted octanol–water partition coefficient (Wildman–Crippen LogP) is 0.632. The average molecular weight is 313 g/mol. The van der Waals surface area contributed by atoms with Crippen LogP contribution in [0.5, 0.6) is 5.75 Å². The highest BCUT2D eigenvalue weighted by Crippen LogP contribution is 2.18. The number of methoxy groups -OCH3 is 1. The number of hydrogen-bond acceptors (Lipinski definition) is 6. The van der Waals surface area contributed by atoms with E-state index in [1.165, 1.54) is 6.33 Å². The molecule has 118 valence electrons. The highest BCUT2D eigenvalue weighted by atomic mass is 16.5. The first kappa shape index (κ1) is 14.7. The van der Waals surface area contributed by atoms with Gasteiger partial charge in [-0.2, -0.15) is 5.10 Å². The van der Waals surface area contributed by atoms with E-state index in [1.807, 2.05) is 24.3 Å². The van der Waals surface area contributed by atoms with Gasteiger partial charge in [0.2, 0.25) is 0 Å². The molecule has 0 radical (unpaired) electrons. The van der Waals surface area contributed by atoms with Crippen LogP contribution in [0.2, 0.25) is 0 Å². The van der Waals surface area contributed by atoms with Crippen LogP contribution in [0.3, 0.4) is 0 Å². The van der Waals surface area contributed by atoms with Gasteiger partial charge in [0.05, 0.1) is 25.0 Å². The molecular formula is C14H15N7O2. The standard InChI is InChI=1S/C14H15N7O2/c1-9-13(14(22)15-7-12-16-8-17-18-12)19-20-21(9)10-4-3-5-11(6-10)23-2/h3-6,8H,7H2,1-2H3,(H,15,22)(H,16,17,18). The van der Waals surface area contributed by atoms with Gasteiger partial charge in [-0.05, 0) is 19.1 Å². The number of nitrogens with zero attached hydrogens (tertiary/aromatic N) is 5. The van der Waals surface area contributed by atoms with Crippen molar-refractivity contribution in [3.8, 4) is 11.4 Å². The second kappa shape index (κ2) is 6.26. The zero-order valence-electron chi connectivity index (χ0n) is 12.6. The van der Waals surface area contributed by atoms with E-state index in [4.69, 9.17) is 4.74 Å². The summed E-state index contributed by atoms with van der Waals surface area (Å²) in [5, 5.41) is 17.1. The minimum atomic E-state index is -0.326. The van der Waals surface area contributed by atoms with E-state index in [1.54, 1.807) is 18.7 Å². The summed E-state index contributed by atoms with van der Waals surface area (Å²) >= 11 is 0. The summed E-state index contributed by atoms with van der Waals surface area (Å²) < 4.78 is 6.78. The molecule has 1 amide bonds. The molecule has 0 fully saturated rings. The zero-order valence-corrected chi connectivity index (χ0v) is 12.6. The Morgan fingerprint density at radius 3 is 3.04 bits per heavy atom. The van der Waals surface area contributed by atoms with Crippen LogP contribution in [0.4, 0.5) is 0 Å². The number of carbonyl (C=O) groups excluding carboxylic acids is 1. The number of aromatic amines is 1. The molecule has 0 aliphatic heterocycles. The number of amides is 1. The Bertz CT molecular complexity index is 810. The van der Waals surface area contributed by atoms with Crippen LogP contribution in [-0.4, -0.2) is 43.2 Å². The zero-order chi connectivity index (χ0) is 16.2. The smallest absolute Gasteiger partial charge is 0.274 e. The van der Waals surface area contributed by atoms with Gasteiger partial charge in [-0.1, -0.05) is 11.3 Å². The Hall–Kier alpha value is -3.23. The third kappa shape index (κ3) is 3.03. The number of nitrogens with one attached hydrogen (secondary N) is 2. The van der Waals surface area contributed by atoms with Gasteiger partial charge in [-0.3, -0.25) is 9.89 Å².